The first-order valence-electron chi connectivity index (χ1n) is 9.89. The van der Waals surface area contributed by atoms with E-state index >= 15 is 0 Å². The second-order valence-electron chi connectivity index (χ2n) is 7.05. The van der Waals surface area contributed by atoms with Crippen LogP contribution in [0.15, 0.2) is 36.4 Å². The van der Waals surface area contributed by atoms with Gasteiger partial charge in [-0.05, 0) is 49.7 Å². The molecular weight excluding hydrogens is 427 g/mol. The van der Waals surface area contributed by atoms with Crippen LogP contribution in [0.1, 0.15) is 33.1 Å². The minimum Gasteiger partial charge on any atom is -0.482 e. The van der Waals surface area contributed by atoms with E-state index < -0.39 is 6.10 Å². The Kier molecular flexibility index (Phi) is 7.45. The highest BCUT2D eigenvalue weighted by atomic mass is 35.5. The lowest BCUT2D eigenvalue weighted by molar-refractivity contribution is -0.122. The molecule has 8 heteroatoms. The van der Waals surface area contributed by atoms with Crippen LogP contribution in [0.3, 0.4) is 0 Å². The maximum Gasteiger partial charge on any atom is 0.265 e. The summed E-state index contributed by atoms with van der Waals surface area (Å²) in [7, 11) is 0. The average Bonchev–Trinajstić information content (AvgIpc) is 2.71. The van der Waals surface area contributed by atoms with Gasteiger partial charge in [0.15, 0.2) is 12.7 Å². The van der Waals surface area contributed by atoms with Crippen LogP contribution in [0, 0.1) is 0 Å². The molecule has 0 saturated carbocycles. The number of ether oxygens (including phenoxy) is 2. The molecule has 0 fully saturated rings. The first-order chi connectivity index (χ1) is 14.4. The fourth-order valence-electron chi connectivity index (χ4n) is 3.10. The number of nitrogens with one attached hydrogen (secondary N) is 1. The Balaban J connectivity index is 1.70. The number of rotatable bonds is 8. The predicted molar refractivity (Wildman–Crippen MR) is 119 cm³/mol. The molecule has 1 N–H and O–H groups in total. The van der Waals surface area contributed by atoms with Gasteiger partial charge in [-0.3, -0.25) is 9.59 Å². The van der Waals surface area contributed by atoms with Crippen LogP contribution in [0.25, 0.3) is 0 Å². The van der Waals surface area contributed by atoms with Gasteiger partial charge in [0.05, 0.1) is 10.7 Å². The van der Waals surface area contributed by atoms with Gasteiger partial charge in [-0.25, -0.2) is 0 Å². The quantitative estimate of drug-likeness (QED) is 0.552. The Labute approximate surface area is 186 Å². The molecule has 30 heavy (non-hydrogen) atoms. The third-order valence-electron chi connectivity index (χ3n) is 4.72. The van der Waals surface area contributed by atoms with Gasteiger partial charge in [0.2, 0.25) is 0 Å². The van der Waals surface area contributed by atoms with E-state index in [4.69, 9.17) is 32.7 Å². The summed E-state index contributed by atoms with van der Waals surface area (Å²) in [6, 6.07) is 10.0. The van der Waals surface area contributed by atoms with Crippen molar-refractivity contribution in [1.82, 2.24) is 0 Å². The van der Waals surface area contributed by atoms with Crippen LogP contribution >= 0.6 is 23.2 Å². The second-order valence-corrected chi connectivity index (χ2v) is 7.89. The second kappa shape index (κ2) is 10.0. The molecule has 1 heterocycles. The van der Waals surface area contributed by atoms with Crippen LogP contribution in [-0.4, -0.2) is 31.1 Å². The summed E-state index contributed by atoms with van der Waals surface area (Å²) in [5.41, 5.74) is 1.21. The zero-order valence-electron chi connectivity index (χ0n) is 16.9. The lowest BCUT2D eigenvalue weighted by Gasteiger charge is -2.30. The zero-order chi connectivity index (χ0) is 21.7. The summed E-state index contributed by atoms with van der Waals surface area (Å²) in [5.74, 6) is 0.564. The topological polar surface area (TPSA) is 67.9 Å². The predicted octanol–water partition coefficient (Wildman–Crippen LogP) is 5.32. The van der Waals surface area contributed by atoms with E-state index in [1.807, 2.05) is 0 Å². The van der Waals surface area contributed by atoms with E-state index in [1.165, 1.54) is 0 Å². The molecule has 1 atom stereocenters. The molecule has 2 aromatic carbocycles. The molecule has 2 aromatic rings. The lowest BCUT2D eigenvalue weighted by Crippen LogP contribution is -2.39. The Bertz CT molecular complexity index is 935. The number of hydrogen-bond acceptors (Lipinski definition) is 4. The lowest BCUT2D eigenvalue weighted by atomic mass is 10.1. The van der Waals surface area contributed by atoms with Crippen LogP contribution in [0.2, 0.25) is 10.0 Å². The number of fused-ring (bicyclic) bond motifs is 1. The highest BCUT2D eigenvalue weighted by molar-refractivity contribution is 6.35. The van der Waals surface area contributed by atoms with E-state index in [-0.39, 0.29) is 18.4 Å². The molecule has 160 valence electrons. The van der Waals surface area contributed by atoms with Crippen molar-refractivity contribution in [1.29, 1.82) is 0 Å². The van der Waals surface area contributed by atoms with E-state index in [1.54, 1.807) is 48.2 Å². The Morgan fingerprint density at radius 3 is 2.77 bits per heavy atom. The van der Waals surface area contributed by atoms with Crippen molar-refractivity contribution < 1.29 is 19.1 Å². The van der Waals surface area contributed by atoms with E-state index in [0.29, 0.717) is 39.5 Å². The molecule has 0 aliphatic carbocycles. The van der Waals surface area contributed by atoms with Crippen LogP contribution in [-0.2, 0) is 9.59 Å². The Morgan fingerprint density at radius 1 is 1.23 bits per heavy atom. The fourth-order valence-corrected chi connectivity index (χ4v) is 3.56. The van der Waals surface area contributed by atoms with Crippen molar-refractivity contribution in [3.05, 3.63) is 46.4 Å². The average molecular weight is 451 g/mol. The van der Waals surface area contributed by atoms with Crippen molar-refractivity contribution in [2.75, 3.05) is 23.4 Å². The standard InChI is InChI=1S/C22H24Cl2N2O4/c1-3-4-5-10-26-18-12-16(7-9-20(18)29-13-21(26)27)25-22(28)14(2)30-19-8-6-15(23)11-17(19)24/h6-9,11-12,14H,3-5,10,13H2,1-2H3,(H,25,28). The number of halogens is 2. The fraction of sp³-hybridized carbons (Fsp3) is 0.364. The maximum absolute atomic E-state index is 12.6. The molecule has 1 aliphatic heterocycles. The summed E-state index contributed by atoms with van der Waals surface area (Å²) >= 11 is 12.0. The van der Waals surface area contributed by atoms with Crippen LogP contribution < -0.4 is 19.7 Å². The number of unbranched alkanes of at least 4 members (excludes halogenated alkanes) is 2. The van der Waals surface area contributed by atoms with Crippen molar-refractivity contribution in [2.24, 2.45) is 0 Å². The molecule has 2 amide bonds. The summed E-state index contributed by atoms with van der Waals surface area (Å²) < 4.78 is 11.2. The van der Waals surface area contributed by atoms with Gasteiger partial charge in [-0.15, -0.1) is 0 Å². The Morgan fingerprint density at radius 2 is 2.03 bits per heavy atom. The smallest absolute Gasteiger partial charge is 0.265 e. The molecule has 0 spiro atoms. The third kappa shape index (κ3) is 5.37. The highest BCUT2D eigenvalue weighted by Gasteiger charge is 2.26. The number of anilines is 2. The SMILES string of the molecule is CCCCCN1C(=O)COc2ccc(NC(=O)C(C)Oc3ccc(Cl)cc3Cl)cc21. The molecule has 1 aliphatic rings. The van der Waals surface area contributed by atoms with Gasteiger partial charge in [-0.1, -0.05) is 43.0 Å². The molecule has 0 aromatic heterocycles. The number of benzene rings is 2. The number of carbonyl (C=O) groups is 2. The largest absolute Gasteiger partial charge is 0.482 e. The van der Waals surface area contributed by atoms with Crippen molar-refractivity contribution in [3.8, 4) is 11.5 Å². The van der Waals surface area contributed by atoms with Crippen LogP contribution in [0.4, 0.5) is 11.4 Å². The number of nitrogens with zero attached hydrogens (tertiary/aromatic N) is 1. The monoisotopic (exact) mass is 450 g/mol. The van der Waals surface area contributed by atoms with Gasteiger partial charge in [0.25, 0.3) is 11.8 Å². The first kappa shape index (κ1) is 22.2. The summed E-state index contributed by atoms with van der Waals surface area (Å²) in [5, 5.41) is 3.63. The van der Waals surface area contributed by atoms with Gasteiger partial charge >= 0.3 is 0 Å². The Hall–Kier alpha value is -2.44. The normalized spacial score (nSPS) is 14.0. The highest BCUT2D eigenvalue weighted by Crippen LogP contribution is 2.35. The maximum atomic E-state index is 12.6. The van der Waals surface area contributed by atoms with E-state index in [9.17, 15) is 9.59 Å². The number of amides is 2. The summed E-state index contributed by atoms with van der Waals surface area (Å²) in [4.78, 5) is 26.6. The molecular formula is C22H24Cl2N2O4. The summed E-state index contributed by atoms with van der Waals surface area (Å²) in [6.07, 6.45) is 2.22. The molecule has 0 saturated heterocycles. The minimum absolute atomic E-state index is 0.0254. The molecule has 1 unspecified atom stereocenters. The third-order valence-corrected chi connectivity index (χ3v) is 5.25. The van der Waals surface area contributed by atoms with Crippen molar-refractivity contribution >= 4 is 46.4 Å². The summed E-state index contributed by atoms with van der Waals surface area (Å²) in [6.45, 7) is 4.39. The molecule has 3 rings (SSSR count). The molecule has 0 bridgehead atoms. The van der Waals surface area contributed by atoms with Crippen LogP contribution in [0.5, 0.6) is 11.5 Å². The number of carbonyl (C=O) groups excluding carboxylic acids is 2. The van der Waals surface area contributed by atoms with Gasteiger partial charge in [-0.2, -0.15) is 0 Å². The van der Waals surface area contributed by atoms with Gasteiger partial charge in [0, 0.05) is 17.3 Å². The first-order valence-corrected chi connectivity index (χ1v) is 10.6. The molecule has 6 nitrogen and oxygen atoms in total. The van der Waals surface area contributed by atoms with Gasteiger partial charge < -0.3 is 19.7 Å². The van der Waals surface area contributed by atoms with E-state index in [0.717, 1.165) is 19.3 Å². The van der Waals surface area contributed by atoms with Crippen molar-refractivity contribution in [2.45, 2.75) is 39.2 Å². The van der Waals surface area contributed by atoms with E-state index in [2.05, 4.69) is 12.2 Å². The minimum atomic E-state index is -0.793. The zero-order valence-corrected chi connectivity index (χ0v) is 18.4. The van der Waals surface area contributed by atoms with Crippen molar-refractivity contribution in [3.63, 3.8) is 0 Å². The number of hydrogen-bond donors (Lipinski definition) is 1. The molecule has 0 radical (unpaired) electrons. The van der Waals surface area contributed by atoms with Gasteiger partial charge in [0.1, 0.15) is 11.5 Å².